The molecule has 1 aromatic rings. The van der Waals surface area contributed by atoms with Gasteiger partial charge in [-0.25, -0.2) is 4.39 Å². The zero-order chi connectivity index (χ0) is 16.0. The summed E-state index contributed by atoms with van der Waals surface area (Å²) in [5, 5.41) is 5.69. The molecule has 0 bridgehead atoms. The molecule has 0 atom stereocenters. The van der Waals surface area contributed by atoms with Crippen LogP contribution in [-0.4, -0.2) is 24.0 Å². The number of amides is 1. The summed E-state index contributed by atoms with van der Waals surface area (Å²) in [5.74, 6) is -0.124. The van der Waals surface area contributed by atoms with E-state index in [0.717, 1.165) is 0 Å². The van der Waals surface area contributed by atoms with Crippen LogP contribution in [-0.2, 0) is 4.79 Å². The van der Waals surface area contributed by atoms with E-state index in [1.807, 2.05) is 13.8 Å². The summed E-state index contributed by atoms with van der Waals surface area (Å²) >= 11 is 7.96. The van der Waals surface area contributed by atoms with Gasteiger partial charge in [0.05, 0.1) is 10.2 Å². The van der Waals surface area contributed by atoms with Crippen molar-refractivity contribution in [2.45, 2.75) is 20.3 Å². The number of anilines is 1. The topological polar surface area (TPSA) is 67.2 Å². The number of carbonyl (C=O) groups excluding carboxylic acids is 1. The standard InChI is InChI=1S/C14H19BrFN3OS/c1-8(2)7-19-11(20)5-6-18-10-4-3-9(14(17)21)12(15)13(10)16/h3-4,8,18H,5-7H2,1-2H3,(H2,17,21)(H,19,20). The smallest absolute Gasteiger partial charge is 0.221 e. The first-order chi connectivity index (χ1) is 9.82. The van der Waals surface area contributed by atoms with Gasteiger partial charge in [0.25, 0.3) is 0 Å². The Morgan fingerprint density at radius 1 is 1.48 bits per heavy atom. The third kappa shape index (κ3) is 5.59. The number of carbonyl (C=O) groups is 1. The molecule has 0 radical (unpaired) electrons. The molecule has 0 aliphatic rings. The van der Waals surface area contributed by atoms with Crippen LogP contribution in [0.3, 0.4) is 0 Å². The summed E-state index contributed by atoms with van der Waals surface area (Å²) in [7, 11) is 0. The minimum Gasteiger partial charge on any atom is -0.389 e. The van der Waals surface area contributed by atoms with Gasteiger partial charge in [0, 0.05) is 25.1 Å². The third-order valence-corrected chi connectivity index (χ3v) is 3.72. The van der Waals surface area contributed by atoms with E-state index in [2.05, 4.69) is 26.6 Å². The zero-order valence-corrected chi connectivity index (χ0v) is 14.4. The lowest BCUT2D eigenvalue weighted by atomic mass is 10.2. The molecule has 1 rings (SSSR count). The minimum absolute atomic E-state index is 0.0598. The van der Waals surface area contributed by atoms with Crippen LogP contribution >= 0.6 is 28.1 Å². The molecule has 21 heavy (non-hydrogen) atoms. The van der Waals surface area contributed by atoms with Gasteiger partial charge in [-0.1, -0.05) is 26.1 Å². The second-order valence-corrected chi connectivity index (χ2v) is 6.26. The Morgan fingerprint density at radius 2 is 2.14 bits per heavy atom. The molecule has 1 aromatic carbocycles. The first-order valence-electron chi connectivity index (χ1n) is 6.61. The highest BCUT2D eigenvalue weighted by atomic mass is 79.9. The van der Waals surface area contributed by atoms with Crippen molar-refractivity contribution in [1.29, 1.82) is 0 Å². The lowest BCUT2D eigenvalue weighted by Gasteiger charge is -2.11. The summed E-state index contributed by atoms with van der Waals surface area (Å²) in [4.78, 5) is 11.7. The van der Waals surface area contributed by atoms with Gasteiger partial charge in [0.1, 0.15) is 4.99 Å². The predicted molar refractivity (Wildman–Crippen MR) is 90.9 cm³/mol. The first-order valence-corrected chi connectivity index (χ1v) is 7.81. The Bertz CT molecular complexity index is 537. The number of halogens is 2. The number of rotatable bonds is 7. The highest BCUT2D eigenvalue weighted by molar-refractivity contribution is 9.10. The van der Waals surface area contributed by atoms with Gasteiger partial charge in [-0.3, -0.25) is 4.79 Å². The van der Waals surface area contributed by atoms with Crippen LogP contribution in [0.15, 0.2) is 16.6 Å². The van der Waals surface area contributed by atoms with E-state index in [-0.39, 0.29) is 21.8 Å². The fraction of sp³-hybridized carbons (Fsp3) is 0.429. The molecule has 0 aromatic heterocycles. The fourth-order valence-electron chi connectivity index (χ4n) is 1.59. The second-order valence-electron chi connectivity index (χ2n) is 5.03. The maximum absolute atomic E-state index is 14.1. The van der Waals surface area contributed by atoms with Crippen LogP contribution in [0.2, 0.25) is 0 Å². The number of nitrogens with two attached hydrogens (primary N) is 1. The molecule has 4 N–H and O–H groups in total. The normalized spacial score (nSPS) is 10.5. The van der Waals surface area contributed by atoms with E-state index in [9.17, 15) is 9.18 Å². The molecular weight excluding hydrogens is 357 g/mol. The average molecular weight is 376 g/mol. The molecule has 0 aliphatic carbocycles. The van der Waals surface area contributed by atoms with Crippen molar-refractivity contribution in [3.63, 3.8) is 0 Å². The highest BCUT2D eigenvalue weighted by Gasteiger charge is 2.13. The molecular formula is C14H19BrFN3OS. The quantitative estimate of drug-likeness (QED) is 0.641. The predicted octanol–water partition coefficient (Wildman–Crippen LogP) is 2.80. The molecule has 0 fully saturated rings. The van der Waals surface area contributed by atoms with Gasteiger partial charge in [0.15, 0.2) is 5.82 Å². The molecule has 1 amide bonds. The van der Waals surface area contributed by atoms with Crippen molar-refractivity contribution < 1.29 is 9.18 Å². The second kappa shape index (κ2) is 8.29. The van der Waals surface area contributed by atoms with E-state index >= 15 is 0 Å². The number of benzene rings is 1. The van der Waals surface area contributed by atoms with Crippen molar-refractivity contribution in [3.05, 3.63) is 28.0 Å². The third-order valence-electron chi connectivity index (χ3n) is 2.72. The number of hydrogen-bond donors (Lipinski definition) is 3. The van der Waals surface area contributed by atoms with Gasteiger partial charge in [-0.2, -0.15) is 0 Å². The molecule has 0 saturated carbocycles. The van der Waals surface area contributed by atoms with Crippen LogP contribution in [0.1, 0.15) is 25.8 Å². The van der Waals surface area contributed by atoms with Crippen LogP contribution in [0.25, 0.3) is 0 Å². The number of hydrogen-bond acceptors (Lipinski definition) is 3. The summed E-state index contributed by atoms with van der Waals surface area (Å²) in [5.41, 5.74) is 6.24. The SMILES string of the molecule is CC(C)CNC(=O)CCNc1ccc(C(N)=S)c(Br)c1F. The van der Waals surface area contributed by atoms with Crippen molar-refractivity contribution in [2.24, 2.45) is 11.7 Å². The van der Waals surface area contributed by atoms with Gasteiger partial charge < -0.3 is 16.4 Å². The number of nitrogens with one attached hydrogen (secondary N) is 2. The highest BCUT2D eigenvalue weighted by Crippen LogP contribution is 2.27. The lowest BCUT2D eigenvalue weighted by molar-refractivity contribution is -0.120. The zero-order valence-electron chi connectivity index (χ0n) is 12.0. The fourth-order valence-corrected chi connectivity index (χ4v) is 2.45. The minimum atomic E-state index is -0.470. The average Bonchev–Trinajstić information content (AvgIpc) is 2.41. The van der Waals surface area contributed by atoms with Crippen LogP contribution < -0.4 is 16.4 Å². The van der Waals surface area contributed by atoms with Gasteiger partial charge in [-0.15, -0.1) is 0 Å². The summed E-state index contributed by atoms with van der Waals surface area (Å²) < 4.78 is 14.3. The number of thiocarbonyl (C=S) groups is 1. The molecule has 0 heterocycles. The summed E-state index contributed by atoms with van der Waals surface area (Å²) in [6, 6.07) is 3.19. The maximum atomic E-state index is 14.1. The molecule has 0 aliphatic heterocycles. The Kier molecular flexibility index (Phi) is 7.04. The Labute approximate surface area is 137 Å². The van der Waals surface area contributed by atoms with E-state index in [1.54, 1.807) is 12.1 Å². The van der Waals surface area contributed by atoms with Crippen LogP contribution in [0.4, 0.5) is 10.1 Å². The van der Waals surface area contributed by atoms with Crippen molar-refractivity contribution in [3.8, 4) is 0 Å². The molecule has 7 heteroatoms. The summed E-state index contributed by atoms with van der Waals surface area (Å²) in [6.07, 6.45) is 0.279. The van der Waals surface area contributed by atoms with Crippen LogP contribution in [0.5, 0.6) is 0 Å². The first kappa shape index (κ1) is 17.8. The van der Waals surface area contributed by atoms with Gasteiger partial charge in [-0.05, 0) is 34.0 Å². The molecule has 0 saturated heterocycles. The molecule has 0 spiro atoms. The Balaban J connectivity index is 2.55. The van der Waals surface area contributed by atoms with E-state index in [4.69, 9.17) is 18.0 Å². The molecule has 116 valence electrons. The Morgan fingerprint density at radius 3 is 2.71 bits per heavy atom. The monoisotopic (exact) mass is 375 g/mol. The Hall–Kier alpha value is -1.21. The molecule has 4 nitrogen and oxygen atoms in total. The van der Waals surface area contributed by atoms with Crippen molar-refractivity contribution in [1.82, 2.24) is 5.32 Å². The van der Waals surface area contributed by atoms with E-state index < -0.39 is 5.82 Å². The van der Waals surface area contributed by atoms with E-state index in [1.165, 1.54) is 0 Å². The van der Waals surface area contributed by atoms with Crippen molar-refractivity contribution in [2.75, 3.05) is 18.4 Å². The maximum Gasteiger partial charge on any atom is 0.221 e. The van der Waals surface area contributed by atoms with Crippen molar-refractivity contribution >= 4 is 44.7 Å². The van der Waals surface area contributed by atoms with E-state index in [0.29, 0.717) is 30.3 Å². The van der Waals surface area contributed by atoms with Crippen LogP contribution in [0, 0.1) is 11.7 Å². The molecule has 0 unspecified atom stereocenters. The largest absolute Gasteiger partial charge is 0.389 e. The van der Waals surface area contributed by atoms with Gasteiger partial charge >= 0.3 is 0 Å². The summed E-state index contributed by atoms with van der Waals surface area (Å²) in [6.45, 7) is 5.03. The van der Waals surface area contributed by atoms with Gasteiger partial charge in [0.2, 0.25) is 5.91 Å². The lowest BCUT2D eigenvalue weighted by Crippen LogP contribution is -2.28.